The van der Waals surface area contributed by atoms with Crippen LogP contribution in [0.2, 0.25) is 5.02 Å². The van der Waals surface area contributed by atoms with Gasteiger partial charge in [0.25, 0.3) is 11.6 Å². The number of hydrogen-bond acceptors (Lipinski definition) is 6. The topological polar surface area (TPSA) is 94.1 Å². The van der Waals surface area contributed by atoms with Crippen LogP contribution in [-0.2, 0) is 0 Å². The highest BCUT2D eigenvalue weighted by molar-refractivity contribution is 6.30. The summed E-state index contributed by atoms with van der Waals surface area (Å²) >= 11 is 5.77. The summed E-state index contributed by atoms with van der Waals surface area (Å²) in [5.74, 6) is 0.506. The van der Waals surface area contributed by atoms with Crippen molar-refractivity contribution >= 4 is 17.3 Å². The molecule has 7 nitrogen and oxygen atoms in total. The summed E-state index contributed by atoms with van der Waals surface area (Å²) in [5.41, 5.74) is 0.0920. The number of rotatable bonds is 5. The van der Waals surface area contributed by atoms with Gasteiger partial charge in [-0.05, 0) is 25.6 Å². The number of nitro groups is 1. The first kappa shape index (κ1) is 14.4. The first-order valence-electron chi connectivity index (χ1n) is 6.01. The van der Waals surface area contributed by atoms with Gasteiger partial charge in [0, 0.05) is 11.1 Å². The van der Waals surface area contributed by atoms with Crippen molar-refractivity contribution in [3.05, 3.63) is 39.2 Å². The molecule has 1 N–H and O–H groups in total. The number of benzene rings is 1. The van der Waals surface area contributed by atoms with Crippen molar-refractivity contribution in [1.82, 2.24) is 15.5 Å². The van der Waals surface area contributed by atoms with Gasteiger partial charge in [0.1, 0.15) is 5.56 Å². The van der Waals surface area contributed by atoms with Gasteiger partial charge in [-0.3, -0.25) is 10.1 Å². The standard InChI is InChI=1S/C12H13ClN4O3/c1-3-9(14-2)12-16-15-11(20-12)8-5-4-7(13)6-10(8)17(18)19/h4-6,9,14H,3H2,1-2H3. The molecule has 1 heterocycles. The van der Waals surface area contributed by atoms with E-state index in [0.29, 0.717) is 5.89 Å². The molecule has 0 saturated heterocycles. The summed E-state index contributed by atoms with van der Waals surface area (Å²) in [5, 5.41) is 22.1. The van der Waals surface area contributed by atoms with E-state index < -0.39 is 4.92 Å². The zero-order chi connectivity index (χ0) is 14.7. The van der Waals surface area contributed by atoms with Crippen molar-refractivity contribution in [2.45, 2.75) is 19.4 Å². The van der Waals surface area contributed by atoms with E-state index in [0.717, 1.165) is 6.42 Å². The number of hydrogen-bond donors (Lipinski definition) is 1. The van der Waals surface area contributed by atoms with E-state index in [9.17, 15) is 10.1 Å². The smallest absolute Gasteiger partial charge is 0.283 e. The highest BCUT2D eigenvalue weighted by Gasteiger charge is 2.22. The summed E-state index contributed by atoms with van der Waals surface area (Å²) in [4.78, 5) is 10.5. The largest absolute Gasteiger partial charge is 0.419 e. The van der Waals surface area contributed by atoms with E-state index in [1.807, 2.05) is 6.92 Å². The lowest BCUT2D eigenvalue weighted by Gasteiger charge is -2.07. The third kappa shape index (κ3) is 2.78. The summed E-state index contributed by atoms with van der Waals surface area (Å²) in [7, 11) is 1.78. The van der Waals surface area contributed by atoms with Crippen LogP contribution in [0.25, 0.3) is 11.5 Å². The summed E-state index contributed by atoms with van der Waals surface area (Å²) in [6, 6.07) is 4.22. The molecule has 2 aromatic rings. The molecule has 20 heavy (non-hydrogen) atoms. The quantitative estimate of drug-likeness (QED) is 0.673. The van der Waals surface area contributed by atoms with Gasteiger partial charge in [0.2, 0.25) is 5.89 Å². The van der Waals surface area contributed by atoms with Crippen molar-refractivity contribution < 1.29 is 9.34 Å². The Morgan fingerprint density at radius 2 is 2.25 bits per heavy atom. The highest BCUT2D eigenvalue weighted by Crippen LogP contribution is 2.32. The van der Waals surface area contributed by atoms with Crippen LogP contribution in [0.3, 0.4) is 0 Å². The molecule has 0 fully saturated rings. The number of nitro benzene ring substituents is 1. The van der Waals surface area contributed by atoms with Gasteiger partial charge in [0.05, 0.1) is 11.0 Å². The van der Waals surface area contributed by atoms with Gasteiger partial charge in [-0.15, -0.1) is 10.2 Å². The van der Waals surface area contributed by atoms with E-state index in [4.69, 9.17) is 16.0 Å². The van der Waals surface area contributed by atoms with Crippen LogP contribution in [0.1, 0.15) is 25.3 Å². The first-order chi connectivity index (χ1) is 9.56. The molecule has 0 radical (unpaired) electrons. The second-order valence-corrected chi connectivity index (χ2v) is 4.55. The van der Waals surface area contributed by atoms with Gasteiger partial charge < -0.3 is 9.73 Å². The third-order valence-corrected chi connectivity index (χ3v) is 3.12. The summed E-state index contributed by atoms with van der Waals surface area (Å²) < 4.78 is 5.51. The predicted octanol–water partition coefficient (Wildman–Crippen LogP) is 2.97. The molecule has 0 aliphatic rings. The average molecular weight is 297 g/mol. The zero-order valence-electron chi connectivity index (χ0n) is 11.0. The molecule has 8 heteroatoms. The van der Waals surface area contributed by atoms with Crippen LogP contribution in [0.5, 0.6) is 0 Å². The maximum absolute atomic E-state index is 11.0. The minimum absolute atomic E-state index is 0.0809. The minimum Gasteiger partial charge on any atom is -0.419 e. The van der Waals surface area contributed by atoms with Gasteiger partial charge >= 0.3 is 0 Å². The van der Waals surface area contributed by atoms with Gasteiger partial charge in [-0.25, -0.2) is 0 Å². The molecule has 0 bridgehead atoms. The number of halogens is 1. The van der Waals surface area contributed by atoms with Crippen LogP contribution in [-0.4, -0.2) is 22.2 Å². The first-order valence-corrected chi connectivity index (χ1v) is 6.39. The van der Waals surface area contributed by atoms with E-state index in [1.54, 1.807) is 13.1 Å². The lowest BCUT2D eigenvalue weighted by molar-refractivity contribution is -0.384. The fourth-order valence-electron chi connectivity index (χ4n) is 1.82. The van der Waals surface area contributed by atoms with Crippen LogP contribution in [0, 0.1) is 10.1 Å². The van der Waals surface area contributed by atoms with Crippen LogP contribution >= 0.6 is 11.6 Å². The monoisotopic (exact) mass is 296 g/mol. The van der Waals surface area contributed by atoms with Crippen LogP contribution < -0.4 is 5.32 Å². The number of nitrogens with one attached hydrogen (secondary N) is 1. The van der Waals surface area contributed by atoms with Crippen molar-refractivity contribution in [2.24, 2.45) is 0 Å². The molecule has 0 aliphatic heterocycles. The van der Waals surface area contributed by atoms with Crippen molar-refractivity contribution in [1.29, 1.82) is 0 Å². The van der Waals surface area contributed by atoms with Gasteiger partial charge in [-0.2, -0.15) is 0 Å². The van der Waals surface area contributed by atoms with E-state index in [1.165, 1.54) is 12.1 Å². The Bertz CT molecular complexity index is 625. The molecule has 2 rings (SSSR count). The fraction of sp³-hybridized carbons (Fsp3) is 0.333. The molecule has 1 aromatic carbocycles. The minimum atomic E-state index is -0.527. The molecule has 106 valence electrons. The van der Waals surface area contributed by atoms with E-state index in [2.05, 4.69) is 15.5 Å². The van der Waals surface area contributed by atoms with Crippen LogP contribution in [0.4, 0.5) is 5.69 Å². The van der Waals surface area contributed by atoms with Crippen molar-refractivity contribution in [3.63, 3.8) is 0 Å². The Balaban J connectivity index is 2.44. The normalized spacial score (nSPS) is 12.3. The summed E-state index contributed by atoms with van der Waals surface area (Å²) in [6.07, 6.45) is 0.765. The Labute approximate surface area is 120 Å². The average Bonchev–Trinajstić information content (AvgIpc) is 2.89. The predicted molar refractivity (Wildman–Crippen MR) is 73.5 cm³/mol. The van der Waals surface area contributed by atoms with E-state index in [-0.39, 0.29) is 28.2 Å². The molecule has 1 aromatic heterocycles. The Hall–Kier alpha value is -1.99. The summed E-state index contributed by atoms with van der Waals surface area (Å²) in [6.45, 7) is 1.97. The Kier molecular flexibility index (Phi) is 4.31. The SMILES string of the molecule is CCC(NC)c1nnc(-c2ccc(Cl)cc2[N+](=O)[O-])o1. The second kappa shape index (κ2) is 5.98. The number of aromatic nitrogens is 2. The second-order valence-electron chi connectivity index (χ2n) is 4.11. The fourth-order valence-corrected chi connectivity index (χ4v) is 1.99. The molecule has 0 saturated carbocycles. The molecule has 0 spiro atoms. The Morgan fingerprint density at radius 3 is 2.85 bits per heavy atom. The Morgan fingerprint density at radius 1 is 1.50 bits per heavy atom. The molecule has 1 unspecified atom stereocenters. The molecular weight excluding hydrogens is 284 g/mol. The third-order valence-electron chi connectivity index (χ3n) is 2.88. The van der Waals surface area contributed by atoms with Gasteiger partial charge in [0.15, 0.2) is 0 Å². The lowest BCUT2D eigenvalue weighted by Crippen LogP contribution is -2.15. The maximum Gasteiger partial charge on any atom is 0.283 e. The lowest BCUT2D eigenvalue weighted by atomic mass is 10.2. The molecule has 1 atom stereocenters. The van der Waals surface area contributed by atoms with Gasteiger partial charge in [-0.1, -0.05) is 18.5 Å². The van der Waals surface area contributed by atoms with Crippen molar-refractivity contribution in [3.8, 4) is 11.5 Å². The van der Waals surface area contributed by atoms with Crippen molar-refractivity contribution in [2.75, 3.05) is 7.05 Å². The highest BCUT2D eigenvalue weighted by atomic mass is 35.5. The zero-order valence-corrected chi connectivity index (χ0v) is 11.7. The number of nitrogens with zero attached hydrogens (tertiary/aromatic N) is 3. The maximum atomic E-state index is 11.0. The molecule has 0 amide bonds. The molecular formula is C12H13ClN4O3. The van der Waals surface area contributed by atoms with E-state index >= 15 is 0 Å². The van der Waals surface area contributed by atoms with Crippen LogP contribution in [0.15, 0.2) is 22.6 Å². The molecule has 0 aliphatic carbocycles.